The number of hydrogen-bond donors (Lipinski definition) is 1. The van der Waals surface area contributed by atoms with Crippen molar-refractivity contribution < 1.29 is 14.3 Å². The van der Waals surface area contributed by atoms with E-state index in [1.54, 1.807) is 0 Å². The first kappa shape index (κ1) is 23.3. The van der Waals surface area contributed by atoms with Crippen LogP contribution in [0.2, 0.25) is 0 Å². The highest BCUT2D eigenvalue weighted by Crippen LogP contribution is 2.36. The molecule has 3 aromatic carbocycles. The van der Waals surface area contributed by atoms with Crippen LogP contribution >= 0.6 is 0 Å². The van der Waals surface area contributed by atoms with Gasteiger partial charge in [0.1, 0.15) is 11.4 Å². The number of anilines is 2. The summed E-state index contributed by atoms with van der Waals surface area (Å²) in [5.41, 5.74) is 5.68. The van der Waals surface area contributed by atoms with Crippen LogP contribution in [0.25, 0.3) is 5.57 Å². The number of nitrogens with one attached hydrogen (secondary N) is 1. The zero-order valence-corrected chi connectivity index (χ0v) is 20.3. The Hall–Kier alpha value is -3.86. The molecular weight excluding hydrogens is 424 g/mol. The molecule has 4 rings (SSSR count). The second-order valence-electron chi connectivity index (χ2n) is 8.85. The Morgan fingerprint density at radius 3 is 2.18 bits per heavy atom. The summed E-state index contributed by atoms with van der Waals surface area (Å²) in [5, 5.41) is 3.24. The summed E-state index contributed by atoms with van der Waals surface area (Å²) < 4.78 is 5.75. The summed E-state index contributed by atoms with van der Waals surface area (Å²) in [7, 11) is 0. The van der Waals surface area contributed by atoms with Gasteiger partial charge >= 0.3 is 0 Å². The first-order valence-electron chi connectivity index (χ1n) is 11.6. The largest absolute Gasteiger partial charge is 0.491 e. The average Bonchev–Trinajstić information content (AvgIpc) is 3.05. The molecule has 0 atom stereocenters. The fourth-order valence-electron chi connectivity index (χ4n) is 4.03. The Labute approximate surface area is 201 Å². The highest BCUT2D eigenvalue weighted by atomic mass is 16.5. The zero-order valence-electron chi connectivity index (χ0n) is 20.3. The van der Waals surface area contributed by atoms with Crippen LogP contribution in [0, 0.1) is 13.8 Å². The number of carbonyl (C=O) groups excluding carboxylic acids is 2. The van der Waals surface area contributed by atoms with Crippen molar-refractivity contribution >= 4 is 28.8 Å². The predicted octanol–water partition coefficient (Wildman–Crippen LogP) is 6.05. The van der Waals surface area contributed by atoms with E-state index in [4.69, 9.17) is 4.74 Å². The highest BCUT2D eigenvalue weighted by Gasteiger charge is 2.40. The molecule has 0 aliphatic carbocycles. The maximum Gasteiger partial charge on any atom is 0.282 e. The van der Waals surface area contributed by atoms with Crippen molar-refractivity contribution in [3.63, 3.8) is 0 Å². The number of amides is 2. The Kier molecular flexibility index (Phi) is 6.55. The third-order valence-electron chi connectivity index (χ3n) is 5.84. The molecule has 174 valence electrons. The van der Waals surface area contributed by atoms with Crippen molar-refractivity contribution in [3.8, 4) is 5.75 Å². The van der Waals surface area contributed by atoms with Crippen molar-refractivity contribution in [1.29, 1.82) is 0 Å². The minimum Gasteiger partial charge on any atom is -0.491 e. The van der Waals surface area contributed by atoms with Crippen LogP contribution in [-0.2, 0) is 16.0 Å². The summed E-state index contributed by atoms with van der Waals surface area (Å²) >= 11 is 0. The van der Waals surface area contributed by atoms with Crippen molar-refractivity contribution in [2.24, 2.45) is 0 Å². The van der Waals surface area contributed by atoms with Gasteiger partial charge in [0.2, 0.25) is 0 Å². The molecule has 0 spiro atoms. The van der Waals surface area contributed by atoms with Crippen LogP contribution in [0.5, 0.6) is 5.75 Å². The van der Waals surface area contributed by atoms with E-state index < -0.39 is 0 Å². The van der Waals surface area contributed by atoms with Crippen LogP contribution < -0.4 is 15.0 Å². The van der Waals surface area contributed by atoms with Crippen LogP contribution in [0.3, 0.4) is 0 Å². The van der Waals surface area contributed by atoms with Gasteiger partial charge in [0.25, 0.3) is 11.8 Å². The molecule has 34 heavy (non-hydrogen) atoms. The normalized spacial score (nSPS) is 13.8. The lowest BCUT2D eigenvalue weighted by Gasteiger charge is -2.18. The molecular formula is C29H30N2O3. The third-order valence-corrected chi connectivity index (χ3v) is 5.84. The molecule has 2 amide bonds. The number of imide groups is 1. The van der Waals surface area contributed by atoms with Gasteiger partial charge in [-0.3, -0.25) is 9.59 Å². The van der Waals surface area contributed by atoms with Crippen LogP contribution in [-0.4, -0.2) is 17.9 Å². The smallest absolute Gasteiger partial charge is 0.282 e. The number of aryl methyl sites for hydroxylation is 3. The van der Waals surface area contributed by atoms with Gasteiger partial charge in [-0.2, -0.15) is 0 Å². The van der Waals surface area contributed by atoms with E-state index in [-0.39, 0.29) is 23.6 Å². The number of carbonyl (C=O) groups is 2. The zero-order chi connectivity index (χ0) is 24.4. The highest BCUT2D eigenvalue weighted by molar-refractivity contribution is 6.46. The van der Waals surface area contributed by atoms with Crippen LogP contribution in [0.1, 0.15) is 43.0 Å². The van der Waals surface area contributed by atoms with E-state index in [1.165, 1.54) is 10.5 Å². The monoisotopic (exact) mass is 454 g/mol. The first-order valence-corrected chi connectivity index (χ1v) is 11.6. The van der Waals surface area contributed by atoms with Gasteiger partial charge in [-0.05, 0) is 86.7 Å². The Bertz CT molecular complexity index is 1260. The molecule has 3 aromatic rings. The lowest BCUT2D eigenvalue weighted by Crippen LogP contribution is -2.33. The lowest BCUT2D eigenvalue weighted by atomic mass is 10.0. The van der Waals surface area contributed by atoms with Crippen LogP contribution in [0.15, 0.2) is 72.4 Å². The molecule has 1 aliphatic heterocycles. The summed E-state index contributed by atoms with van der Waals surface area (Å²) in [5.74, 6) is 0.00634. The maximum absolute atomic E-state index is 13.7. The van der Waals surface area contributed by atoms with E-state index in [1.807, 2.05) is 94.4 Å². The average molecular weight is 455 g/mol. The van der Waals surface area contributed by atoms with E-state index in [9.17, 15) is 9.59 Å². The molecule has 5 heteroatoms. The van der Waals surface area contributed by atoms with Gasteiger partial charge in [0.05, 0.1) is 17.4 Å². The van der Waals surface area contributed by atoms with Crippen LogP contribution in [0.4, 0.5) is 11.4 Å². The number of benzene rings is 3. The summed E-state index contributed by atoms with van der Waals surface area (Å²) in [4.78, 5) is 28.7. The van der Waals surface area contributed by atoms with Gasteiger partial charge < -0.3 is 10.1 Å². The van der Waals surface area contributed by atoms with Crippen molar-refractivity contribution in [2.45, 2.75) is 47.1 Å². The second-order valence-corrected chi connectivity index (χ2v) is 8.85. The van der Waals surface area contributed by atoms with Gasteiger partial charge in [-0.25, -0.2) is 4.90 Å². The number of ether oxygens (including phenoxy) is 1. The summed E-state index contributed by atoms with van der Waals surface area (Å²) in [6.45, 7) is 9.87. The minimum absolute atomic E-state index is 0.0443. The van der Waals surface area contributed by atoms with Crippen molar-refractivity contribution in [1.82, 2.24) is 0 Å². The standard InChI is InChI=1S/C29H30N2O3/c1-6-21-9-13-23(14-10-21)30-27-26(22-11-15-24(16-12-22)34-18(2)3)28(32)31(29(27)33)25-17-19(4)7-8-20(25)5/h7-18,30H,6H2,1-5H3. The molecule has 5 nitrogen and oxygen atoms in total. The molecule has 1 aliphatic rings. The molecule has 0 saturated carbocycles. The SMILES string of the molecule is CCc1ccc(NC2=C(c3ccc(OC(C)C)cc3)C(=O)N(c3cc(C)ccc3C)C2=O)cc1. The van der Waals surface area contributed by atoms with E-state index in [0.29, 0.717) is 22.6 Å². The number of nitrogens with zero attached hydrogens (tertiary/aromatic N) is 1. The molecule has 0 unspecified atom stereocenters. The second kappa shape index (κ2) is 9.56. The molecule has 0 fully saturated rings. The Morgan fingerprint density at radius 2 is 1.56 bits per heavy atom. The van der Waals surface area contributed by atoms with Crippen molar-refractivity contribution in [3.05, 3.63) is 94.7 Å². The third kappa shape index (κ3) is 4.60. The number of hydrogen-bond acceptors (Lipinski definition) is 4. The fourth-order valence-corrected chi connectivity index (χ4v) is 4.03. The summed E-state index contributed by atoms with van der Waals surface area (Å²) in [6.07, 6.45) is 0.972. The van der Waals surface area contributed by atoms with Gasteiger partial charge in [-0.15, -0.1) is 0 Å². The first-order chi connectivity index (χ1) is 16.3. The maximum atomic E-state index is 13.7. The lowest BCUT2D eigenvalue weighted by molar-refractivity contribution is -0.120. The molecule has 0 aromatic heterocycles. The minimum atomic E-state index is -0.365. The van der Waals surface area contributed by atoms with Crippen molar-refractivity contribution in [2.75, 3.05) is 10.2 Å². The summed E-state index contributed by atoms with van der Waals surface area (Å²) in [6, 6.07) is 21.0. The van der Waals surface area contributed by atoms with E-state index >= 15 is 0 Å². The fraction of sp³-hybridized carbons (Fsp3) is 0.241. The van der Waals surface area contributed by atoms with Gasteiger partial charge in [0, 0.05) is 5.69 Å². The molecule has 0 saturated heterocycles. The molecule has 0 radical (unpaired) electrons. The molecule has 1 N–H and O–H groups in total. The van der Waals surface area contributed by atoms with E-state index in [0.717, 1.165) is 23.2 Å². The Morgan fingerprint density at radius 1 is 0.882 bits per heavy atom. The quantitative estimate of drug-likeness (QED) is 0.442. The van der Waals surface area contributed by atoms with Gasteiger partial charge in [-0.1, -0.05) is 43.3 Å². The van der Waals surface area contributed by atoms with Gasteiger partial charge in [0.15, 0.2) is 0 Å². The number of rotatable bonds is 7. The molecule has 1 heterocycles. The predicted molar refractivity (Wildman–Crippen MR) is 137 cm³/mol. The van der Waals surface area contributed by atoms with E-state index in [2.05, 4.69) is 12.2 Å². The molecule has 0 bridgehead atoms. The topological polar surface area (TPSA) is 58.6 Å². The Balaban J connectivity index is 1.79.